The summed E-state index contributed by atoms with van der Waals surface area (Å²) in [5.74, 6) is -6.37. The Morgan fingerprint density at radius 1 is 1.38 bits per heavy atom. The number of carboxylic acids is 1. The first-order valence-corrected chi connectivity index (χ1v) is 6.19. The second kappa shape index (κ2) is 5.08. The van der Waals surface area contributed by atoms with E-state index in [9.17, 15) is 32.9 Å². The number of halogens is 3. The van der Waals surface area contributed by atoms with Crippen molar-refractivity contribution in [1.82, 2.24) is 4.57 Å². The van der Waals surface area contributed by atoms with Gasteiger partial charge in [-0.3, -0.25) is 14.9 Å². The molecule has 0 saturated heterocycles. The van der Waals surface area contributed by atoms with E-state index < -0.39 is 62.5 Å². The van der Waals surface area contributed by atoms with Crippen LogP contribution in [0, 0.1) is 21.7 Å². The van der Waals surface area contributed by atoms with Gasteiger partial charge in [0.2, 0.25) is 17.1 Å². The van der Waals surface area contributed by atoms with Gasteiger partial charge in [0.15, 0.2) is 5.75 Å². The van der Waals surface area contributed by atoms with E-state index in [0.717, 1.165) is 0 Å². The number of pyridine rings is 1. The summed E-state index contributed by atoms with van der Waals surface area (Å²) in [6, 6.07) is 0. The van der Waals surface area contributed by atoms with Gasteiger partial charge in [-0.05, 0) is 0 Å². The zero-order chi connectivity index (χ0) is 17.8. The minimum atomic E-state index is -1.98. The molecule has 0 atom stereocenters. The second-order valence-electron chi connectivity index (χ2n) is 4.69. The van der Waals surface area contributed by atoms with Gasteiger partial charge in [0, 0.05) is 6.20 Å². The standard InChI is InChI=1S/C13H5F3N2O6/c14-1-4-3-24-12-8(16)7(15)9(18(22)23)6-10(12)17(4)2-5(11(6)19)13(20)21/h2-3H,1H2,(H,20,21). The van der Waals surface area contributed by atoms with E-state index in [-0.39, 0.29) is 5.70 Å². The Hall–Kier alpha value is -3.37. The van der Waals surface area contributed by atoms with Crippen LogP contribution in [0.25, 0.3) is 16.6 Å². The van der Waals surface area contributed by atoms with E-state index in [1.54, 1.807) is 0 Å². The van der Waals surface area contributed by atoms with Gasteiger partial charge in [-0.1, -0.05) is 0 Å². The van der Waals surface area contributed by atoms with Crippen molar-refractivity contribution in [2.75, 3.05) is 6.67 Å². The van der Waals surface area contributed by atoms with Crippen molar-refractivity contribution in [3.63, 3.8) is 0 Å². The number of benzene rings is 1. The lowest BCUT2D eigenvalue weighted by Gasteiger charge is -2.20. The lowest BCUT2D eigenvalue weighted by molar-refractivity contribution is -0.386. The molecule has 24 heavy (non-hydrogen) atoms. The summed E-state index contributed by atoms with van der Waals surface area (Å²) < 4.78 is 46.6. The summed E-state index contributed by atoms with van der Waals surface area (Å²) in [4.78, 5) is 33.1. The Balaban J connectivity index is 2.68. The molecule has 2 aromatic rings. The molecular weight excluding hydrogens is 337 g/mol. The third-order valence-corrected chi connectivity index (χ3v) is 3.43. The normalized spacial score (nSPS) is 12.7. The van der Waals surface area contributed by atoms with Crippen LogP contribution in [0.5, 0.6) is 5.75 Å². The maximum Gasteiger partial charge on any atom is 0.341 e. The molecule has 0 radical (unpaired) electrons. The molecule has 11 heteroatoms. The molecule has 0 bridgehead atoms. The molecule has 124 valence electrons. The van der Waals surface area contributed by atoms with Gasteiger partial charge in [0.1, 0.15) is 29.4 Å². The summed E-state index contributed by atoms with van der Waals surface area (Å²) in [5.41, 5.74) is -4.90. The molecule has 0 amide bonds. The number of ether oxygens (including phenoxy) is 1. The second-order valence-corrected chi connectivity index (χ2v) is 4.69. The first-order chi connectivity index (χ1) is 11.3. The van der Waals surface area contributed by atoms with Crippen LogP contribution in [0.4, 0.5) is 18.9 Å². The Bertz CT molecular complexity index is 1030. The predicted molar refractivity (Wildman–Crippen MR) is 72.6 cm³/mol. The van der Waals surface area contributed by atoms with Crippen LogP contribution in [0.15, 0.2) is 17.3 Å². The molecule has 1 N–H and O–H groups in total. The number of carbonyl (C=O) groups is 1. The predicted octanol–water partition coefficient (Wildman–Crippen LogP) is 2.05. The third kappa shape index (κ3) is 1.87. The first-order valence-electron chi connectivity index (χ1n) is 6.19. The van der Waals surface area contributed by atoms with Crippen molar-refractivity contribution < 1.29 is 32.7 Å². The van der Waals surface area contributed by atoms with Crippen molar-refractivity contribution in [3.8, 4) is 5.75 Å². The van der Waals surface area contributed by atoms with Crippen LogP contribution in [0.1, 0.15) is 10.4 Å². The summed E-state index contributed by atoms with van der Waals surface area (Å²) in [5, 5.41) is 19.1. The highest BCUT2D eigenvalue weighted by Crippen LogP contribution is 2.40. The van der Waals surface area contributed by atoms with E-state index >= 15 is 0 Å². The highest BCUT2D eigenvalue weighted by Gasteiger charge is 2.35. The fraction of sp³-hybridized carbons (Fsp3) is 0.0769. The van der Waals surface area contributed by atoms with E-state index in [1.807, 2.05) is 0 Å². The van der Waals surface area contributed by atoms with Gasteiger partial charge >= 0.3 is 11.7 Å². The molecule has 0 fully saturated rings. The van der Waals surface area contributed by atoms with Crippen LogP contribution in [0.2, 0.25) is 0 Å². The topological polar surface area (TPSA) is 112 Å². The Kier molecular flexibility index (Phi) is 3.28. The minimum absolute atomic E-state index is 0.352. The summed E-state index contributed by atoms with van der Waals surface area (Å²) in [6.45, 7) is -1.22. The molecule has 0 unspecified atom stereocenters. The highest BCUT2D eigenvalue weighted by molar-refractivity contribution is 6.00. The van der Waals surface area contributed by atoms with E-state index in [2.05, 4.69) is 0 Å². The number of aromatic nitrogens is 1. The third-order valence-electron chi connectivity index (χ3n) is 3.43. The Labute approximate surface area is 129 Å². The molecule has 0 aliphatic carbocycles. The fourth-order valence-electron chi connectivity index (χ4n) is 2.41. The van der Waals surface area contributed by atoms with E-state index in [0.29, 0.717) is 17.0 Å². The van der Waals surface area contributed by atoms with Gasteiger partial charge in [0.25, 0.3) is 0 Å². The molecule has 1 aromatic heterocycles. The number of nitro groups is 1. The molecule has 8 nitrogen and oxygen atoms in total. The lowest BCUT2D eigenvalue weighted by Crippen LogP contribution is -2.23. The molecule has 3 rings (SSSR count). The van der Waals surface area contributed by atoms with Gasteiger partial charge < -0.3 is 14.4 Å². The van der Waals surface area contributed by atoms with Crippen molar-refractivity contribution in [2.45, 2.75) is 0 Å². The average molecular weight is 342 g/mol. The summed E-state index contributed by atoms with van der Waals surface area (Å²) in [7, 11) is 0. The first kappa shape index (κ1) is 15.5. The van der Waals surface area contributed by atoms with Crippen LogP contribution in [-0.4, -0.2) is 27.2 Å². The monoisotopic (exact) mass is 342 g/mol. The summed E-state index contributed by atoms with van der Waals surface area (Å²) in [6.07, 6.45) is 1.36. The number of alkyl halides is 1. The van der Waals surface area contributed by atoms with E-state index in [1.165, 1.54) is 0 Å². The van der Waals surface area contributed by atoms with Crippen LogP contribution < -0.4 is 10.2 Å². The largest absolute Gasteiger partial charge is 0.477 e. The molecule has 2 heterocycles. The zero-order valence-corrected chi connectivity index (χ0v) is 11.4. The van der Waals surface area contributed by atoms with Crippen LogP contribution in [0.3, 0.4) is 0 Å². The fourth-order valence-corrected chi connectivity index (χ4v) is 2.41. The quantitative estimate of drug-likeness (QED) is 0.675. The van der Waals surface area contributed by atoms with Gasteiger partial charge in [-0.15, -0.1) is 0 Å². The highest BCUT2D eigenvalue weighted by atomic mass is 19.2. The van der Waals surface area contributed by atoms with Crippen molar-refractivity contribution in [1.29, 1.82) is 0 Å². The number of allylic oxidation sites excluding steroid dienone is 1. The minimum Gasteiger partial charge on any atom is -0.477 e. The molecular formula is C13H5F3N2O6. The number of rotatable bonds is 3. The molecule has 0 saturated carbocycles. The number of hydrogen-bond donors (Lipinski definition) is 1. The van der Waals surface area contributed by atoms with Crippen LogP contribution in [-0.2, 0) is 0 Å². The number of nitro benzene ring substituents is 1. The molecule has 0 spiro atoms. The van der Waals surface area contributed by atoms with Crippen LogP contribution >= 0.6 is 0 Å². The number of hydrogen-bond acceptors (Lipinski definition) is 5. The van der Waals surface area contributed by atoms with Gasteiger partial charge in [0.05, 0.1) is 10.6 Å². The lowest BCUT2D eigenvalue weighted by atomic mass is 10.1. The Morgan fingerprint density at radius 2 is 2.04 bits per heavy atom. The summed E-state index contributed by atoms with van der Waals surface area (Å²) >= 11 is 0. The zero-order valence-electron chi connectivity index (χ0n) is 11.4. The smallest absolute Gasteiger partial charge is 0.341 e. The van der Waals surface area contributed by atoms with Gasteiger partial charge in [-0.25, -0.2) is 9.18 Å². The van der Waals surface area contributed by atoms with Crippen molar-refractivity contribution in [3.05, 3.63) is 50.0 Å². The molecule has 1 aromatic carbocycles. The maximum absolute atomic E-state index is 14.0. The number of aromatic carboxylic acids is 1. The number of nitrogens with zero attached hydrogens (tertiary/aromatic N) is 2. The van der Waals surface area contributed by atoms with Gasteiger partial charge in [-0.2, -0.15) is 8.78 Å². The SMILES string of the molecule is O=C(O)c1cn2c3c(c(F)c(F)c([N+](=O)[O-])c3c1=O)OC=C2CF. The van der Waals surface area contributed by atoms with Crippen molar-refractivity contribution in [2.24, 2.45) is 0 Å². The van der Waals surface area contributed by atoms with E-state index in [4.69, 9.17) is 9.84 Å². The Morgan fingerprint density at radius 3 is 2.58 bits per heavy atom. The number of carboxylic acid groups (broad SMARTS) is 1. The molecule has 1 aliphatic rings. The average Bonchev–Trinajstić information content (AvgIpc) is 2.53. The molecule has 1 aliphatic heterocycles. The maximum atomic E-state index is 14.0. The van der Waals surface area contributed by atoms with Crippen molar-refractivity contribution >= 4 is 28.3 Å².